The first-order chi connectivity index (χ1) is 13.9. The summed E-state index contributed by atoms with van der Waals surface area (Å²) in [5.74, 6) is -0.186. The third-order valence-corrected chi connectivity index (χ3v) is 5.42. The van der Waals surface area contributed by atoms with Crippen LogP contribution in [0.5, 0.6) is 0 Å². The second-order valence-electron chi connectivity index (χ2n) is 7.30. The SMILES string of the molecule is Cc1nn(C)c2ncc(NC(=O)C3CCN(c4ccccc4[N+](=O)[O-])CC3)cc12. The van der Waals surface area contributed by atoms with Crippen molar-refractivity contribution in [3.63, 3.8) is 0 Å². The molecule has 1 amide bonds. The molecule has 1 fully saturated rings. The van der Waals surface area contributed by atoms with E-state index < -0.39 is 0 Å². The molecule has 0 aliphatic carbocycles. The topological polar surface area (TPSA) is 106 Å². The van der Waals surface area contributed by atoms with Gasteiger partial charge in [-0.2, -0.15) is 5.10 Å². The summed E-state index contributed by atoms with van der Waals surface area (Å²) in [4.78, 5) is 30.0. The Balaban J connectivity index is 1.42. The highest BCUT2D eigenvalue weighted by Crippen LogP contribution is 2.31. The maximum atomic E-state index is 12.7. The zero-order valence-corrected chi connectivity index (χ0v) is 16.3. The van der Waals surface area contributed by atoms with Gasteiger partial charge in [0.25, 0.3) is 5.69 Å². The van der Waals surface area contributed by atoms with Crippen molar-refractivity contribution in [3.05, 3.63) is 52.3 Å². The third-order valence-electron chi connectivity index (χ3n) is 5.42. The van der Waals surface area contributed by atoms with E-state index in [0.29, 0.717) is 37.3 Å². The van der Waals surface area contributed by atoms with Gasteiger partial charge in [0.2, 0.25) is 5.91 Å². The van der Waals surface area contributed by atoms with E-state index in [1.165, 1.54) is 6.07 Å². The van der Waals surface area contributed by atoms with Crippen molar-refractivity contribution >= 4 is 34.0 Å². The highest BCUT2D eigenvalue weighted by molar-refractivity contribution is 5.94. The normalized spacial score (nSPS) is 14.9. The van der Waals surface area contributed by atoms with Gasteiger partial charge in [-0.15, -0.1) is 0 Å². The van der Waals surface area contributed by atoms with Crippen molar-refractivity contribution in [1.29, 1.82) is 0 Å². The minimum atomic E-state index is -0.363. The molecule has 4 rings (SSSR count). The molecule has 3 aromatic rings. The number of piperidine rings is 1. The van der Waals surface area contributed by atoms with Gasteiger partial charge in [-0.05, 0) is 31.9 Å². The monoisotopic (exact) mass is 394 g/mol. The van der Waals surface area contributed by atoms with Gasteiger partial charge in [0, 0.05) is 37.5 Å². The number of rotatable bonds is 4. The summed E-state index contributed by atoms with van der Waals surface area (Å²) in [6.45, 7) is 3.11. The lowest BCUT2D eigenvalue weighted by atomic mass is 9.95. The van der Waals surface area contributed by atoms with Crippen LogP contribution in [0.25, 0.3) is 11.0 Å². The minimum absolute atomic E-state index is 0.0464. The Bertz CT molecular complexity index is 1090. The fourth-order valence-corrected chi connectivity index (χ4v) is 3.89. The standard InChI is InChI=1S/C20H22N6O3/c1-13-16-11-15(12-21-19(16)24(2)23-13)22-20(27)14-7-9-25(10-8-14)17-5-3-4-6-18(17)26(28)29/h3-6,11-12,14H,7-10H2,1-2H3,(H,22,27). The predicted molar refractivity (Wildman–Crippen MR) is 110 cm³/mol. The quantitative estimate of drug-likeness (QED) is 0.538. The fourth-order valence-electron chi connectivity index (χ4n) is 3.89. The van der Waals surface area contributed by atoms with Crippen LogP contribution in [0.1, 0.15) is 18.5 Å². The highest BCUT2D eigenvalue weighted by atomic mass is 16.6. The number of nitro groups is 1. The van der Waals surface area contributed by atoms with Crippen molar-refractivity contribution in [2.75, 3.05) is 23.3 Å². The van der Waals surface area contributed by atoms with Gasteiger partial charge in [0.1, 0.15) is 5.69 Å². The van der Waals surface area contributed by atoms with E-state index in [0.717, 1.165) is 16.7 Å². The lowest BCUT2D eigenvalue weighted by Crippen LogP contribution is -2.38. The number of amides is 1. The molecule has 1 N–H and O–H groups in total. The summed E-state index contributed by atoms with van der Waals surface area (Å²) >= 11 is 0. The van der Waals surface area contributed by atoms with Crippen LogP contribution < -0.4 is 10.2 Å². The summed E-state index contributed by atoms with van der Waals surface area (Å²) in [6.07, 6.45) is 2.92. The molecular formula is C20H22N6O3. The number of hydrogen-bond acceptors (Lipinski definition) is 6. The van der Waals surface area contributed by atoms with Crippen LogP contribution in [0.15, 0.2) is 36.5 Å². The van der Waals surface area contributed by atoms with Crippen molar-refractivity contribution in [2.45, 2.75) is 19.8 Å². The van der Waals surface area contributed by atoms with Crippen molar-refractivity contribution in [2.24, 2.45) is 13.0 Å². The first-order valence-corrected chi connectivity index (χ1v) is 9.52. The van der Waals surface area contributed by atoms with Crippen LogP contribution in [0.3, 0.4) is 0 Å². The van der Waals surface area contributed by atoms with E-state index in [2.05, 4.69) is 15.4 Å². The molecule has 2 aromatic heterocycles. The number of anilines is 2. The van der Waals surface area contributed by atoms with Gasteiger partial charge < -0.3 is 10.2 Å². The lowest BCUT2D eigenvalue weighted by Gasteiger charge is -2.32. The molecule has 9 nitrogen and oxygen atoms in total. The molecular weight excluding hydrogens is 372 g/mol. The molecule has 29 heavy (non-hydrogen) atoms. The molecule has 1 saturated heterocycles. The van der Waals surface area contributed by atoms with Gasteiger partial charge >= 0.3 is 0 Å². The Labute approximate surface area is 167 Å². The largest absolute Gasteiger partial charge is 0.366 e. The highest BCUT2D eigenvalue weighted by Gasteiger charge is 2.28. The van der Waals surface area contributed by atoms with E-state index in [1.807, 2.05) is 24.9 Å². The maximum absolute atomic E-state index is 12.7. The predicted octanol–water partition coefficient (Wildman–Crippen LogP) is 3.04. The summed E-state index contributed by atoms with van der Waals surface area (Å²) < 4.78 is 1.72. The molecule has 9 heteroatoms. The number of carbonyl (C=O) groups is 1. The number of benzene rings is 1. The number of nitro benzene ring substituents is 1. The van der Waals surface area contributed by atoms with Gasteiger partial charge in [0.15, 0.2) is 5.65 Å². The maximum Gasteiger partial charge on any atom is 0.292 e. The lowest BCUT2D eigenvalue weighted by molar-refractivity contribution is -0.384. The molecule has 0 spiro atoms. The van der Waals surface area contributed by atoms with Gasteiger partial charge in [-0.3, -0.25) is 19.6 Å². The number of pyridine rings is 1. The van der Waals surface area contributed by atoms with Crippen LogP contribution in [0.4, 0.5) is 17.1 Å². The molecule has 0 atom stereocenters. The van der Waals surface area contributed by atoms with E-state index in [4.69, 9.17) is 0 Å². The van der Waals surface area contributed by atoms with E-state index in [9.17, 15) is 14.9 Å². The first-order valence-electron chi connectivity index (χ1n) is 9.52. The molecule has 1 aliphatic heterocycles. The summed E-state index contributed by atoms with van der Waals surface area (Å²) in [7, 11) is 1.84. The molecule has 0 radical (unpaired) electrons. The minimum Gasteiger partial charge on any atom is -0.366 e. The zero-order chi connectivity index (χ0) is 20.5. The molecule has 0 bridgehead atoms. The Morgan fingerprint density at radius 3 is 2.72 bits per heavy atom. The molecule has 0 unspecified atom stereocenters. The Morgan fingerprint density at radius 2 is 2.00 bits per heavy atom. The number of carbonyl (C=O) groups excluding carboxylic acids is 1. The molecule has 0 saturated carbocycles. The molecule has 3 heterocycles. The molecule has 1 aromatic carbocycles. The van der Waals surface area contributed by atoms with Crippen LogP contribution in [0.2, 0.25) is 0 Å². The van der Waals surface area contributed by atoms with E-state index >= 15 is 0 Å². The Hall–Kier alpha value is -3.49. The number of nitrogens with zero attached hydrogens (tertiary/aromatic N) is 5. The first kappa shape index (κ1) is 18.9. The van der Waals surface area contributed by atoms with Crippen molar-refractivity contribution in [3.8, 4) is 0 Å². The summed E-state index contributed by atoms with van der Waals surface area (Å²) in [5, 5.41) is 19.5. The third kappa shape index (κ3) is 3.63. The zero-order valence-electron chi connectivity index (χ0n) is 16.3. The number of aryl methyl sites for hydroxylation is 2. The van der Waals surface area contributed by atoms with Crippen LogP contribution in [0, 0.1) is 23.0 Å². The Kier molecular flexibility index (Phi) is 4.87. The Morgan fingerprint density at radius 1 is 1.28 bits per heavy atom. The second kappa shape index (κ2) is 7.50. The summed E-state index contributed by atoms with van der Waals surface area (Å²) in [5.41, 5.74) is 3.00. The van der Waals surface area contributed by atoms with Crippen LogP contribution in [-0.2, 0) is 11.8 Å². The van der Waals surface area contributed by atoms with Gasteiger partial charge in [-0.25, -0.2) is 4.98 Å². The average molecular weight is 394 g/mol. The average Bonchev–Trinajstić information content (AvgIpc) is 3.01. The number of para-hydroxylation sites is 2. The number of hydrogen-bond donors (Lipinski definition) is 1. The van der Waals surface area contributed by atoms with Crippen molar-refractivity contribution < 1.29 is 9.72 Å². The fraction of sp³-hybridized carbons (Fsp3) is 0.350. The summed E-state index contributed by atoms with van der Waals surface area (Å²) in [6, 6.07) is 8.62. The van der Waals surface area contributed by atoms with Gasteiger partial charge in [0.05, 0.1) is 22.5 Å². The number of nitrogens with one attached hydrogen (secondary N) is 1. The van der Waals surface area contributed by atoms with Crippen LogP contribution in [-0.4, -0.2) is 38.7 Å². The molecule has 150 valence electrons. The second-order valence-corrected chi connectivity index (χ2v) is 7.30. The number of fused-ring (bicyclic) bond motifs is 1. The van der Waals surface area contributed by atoms with E-state index in [-0.39, 0.29) is 22.4 Å². The van der Waals surface area contributed by atoms with E-state index in [1.54, 1.807) is 29.1 Å². The number of aromatic nitrogens is 3. The molecule has 1 aliphatic rings. The van der Waals surface area contributed by atoms with Crippen molar-refractivity contribution in [1.82, 2.24) is 14.8 Å². The van der Waals surface area contributed by atoms with Crippen LogP contribution >= 0.6 is 0 Å². The van der Waals surface area contributed by atoms with Gasteiger partial charge in [-0.1, -0.05) is 12.1 Å². The smallest absolute Gasteiger partial charge is 0.292 e.